The maximum Gasteiger partial charge on any atom is 0.235 e. The Hall–Kier alpha value is -1.03. The fraction of sp³-hybridized carbons (Fsp3) is 0.455. The molecule has 84 valence electrons. The van der Waals surface area contributed by atoms with Crippen molar-refractivity contribution in [3.63, 3.8) is 0 Å². The molecule has 1 N–H and O–H groups in total. The minimum atomic E-state index is -3.23. The molecule has 0 spiro atoms. The second kappa shape index (κ2) is 4.23. The van der Waals surface area contributed by atoms with Gasteiger partial charge in [-0.15, -0.1) is 0 Å². The van der Waals surface area contributed by atoms with Gasteiger partial charge in [0, 0.05) is 5.69 Å². The highest BCUT2D eigenvalue weighted by molar-refractivity contribution is 7.93. The number of hydrogen-bond acceptors (Lipinski definition) is 2. The van der Waals surface area contributed by atoms with Crippen molar-refractivity contribution >= 4 is 15.7 Å². The first kappa shape index (κ1) is 12.0. The van der Waals surface area contributed by atoms with E-state index < -0.39 is 15.3 Å². The molecule has 0 aliphatic rings. The molecule has 1 aromatic rings. The lowest BCUT2D eigenvalue weighted by atomic mass is 10.1. The van der Waals surface area contributed by atoms with Gasteiger partial charge >= 0.3 is 0 Å². The van der Waals surface area contributed by atoms with Gasteiger partial charge < -0.3 is 0 Å². The Balaban J connectivity index is 3.00. The van der Waals surface area contributed by atoms with Crippen molar-refractivity contribution < 1.29 is 8.42 Å². The molecule has 0 heterocycles. The van der Waals surface area contributed by atoms with Gasteiger partial charge in [0.15, 0.2) is 0 Å². The third kappa shape index (κ3) is 3.23. The number of benzene rings is 1. The molecule has 3 nitrogen and oxygen atoms in total. The van der Waals surface area contributed by atoms with Gasteiger partial charge in [-0.2, -0.15) is 0 Å². The Morgan fingerprint density at radius 1 is 1.07 bits per heavy atom. The lowest BCUT2D eigenvalue weighted by molar-refractivity contribution is 0.593. The summed E-state index contributed by atoms with van der Waals surface area (Å²) in [7, 11) is -3.23. The summed E-state index contributed by atoms with van der Waals surface area (Å²) in [5.41, 5.74) is 2.74. The molecule has 0 bridgehead atoms. The minimum Gasteiger partial charge on any atom is -0.283 e. The second-order valence-electron chi connectivity index (χ2n) is 4.07. The lowest BCUT2D eigenvalue weighted by Crippen LogP contribution is -2.22. The van der Waals surface area contributed by atoms with E-state index in [1.807, 2.05) is 32.0 Å². The number of sulfonamides is 1. The second-order valence-corrected chi connectivity index (χ2v) is 6.31. The molecule has 0 saturated heterocycles. The fourth-order valence-corrected chi connectivity index (χ4v) is 2.00. The van der Waals surface area contributed by atoms with Crippen LogP contribution < -0.4 is 4.72 Å². The number of hydrogen-bond donors (Lipinski definition) is 1. The zero-order valence-electron chi connectivity index (χ0n) is 9.53. The first-order valence-corrected chi connectivity index (χ1v) is 6.46. The summed E-state index contributed by atoms with van der Waals surface area (Å²) < 4.78 is 25.8. The summed E-state index contributed by atoms with van der Waals surface area (Å²) >= 11 is 0. The average molecular weight is 227 g/mol. The van der Waals surface area contributed by atoms with Crippen LogP contribution in [0.3, 0.4) is 0 Å². The van der Waals surface area contributed by atoms with Gasteiger partial charge in [0.05, 0.1) is 5.25 Å². The van der Waals surface area contributed by atoms with Crippen molar-refractivity contribution in [3.8, 4) is 0 Å². The normalized spacial score (nSPS) is 11.8. The summed E-state index contributed by atoms with van der Waals surface area (Å²) in [6.07, 6.45) is 0. The van der Waals surface area contributed by atoms with Crippen LogP contribution in [0.25, 0.3) is 0 Å². The maximum atomic E-state index is 11.6. The molecule has 0 aromatic heterocycles. The molecule has 15 heavy (non-hydrogen) atoms. The summed E-state index contributed by atoms with van der Waals surface area (Å²) in [5.74, 6) is 0. The van der Waals surface area contributed by atoms with Gasteiger partial charge in [-0.3, -0.25) is 4.72 Å². The zero-order valence-corrected chi connectivity index (χ0v) is 10.4. The van der Waals surface area contributed by atoms with Crippen molar-refractivity contribution in [2.24, 2.45) is 0 Å². The standard InChI is InChI=1S/C11H17NO2S/c1-8(2)15(13,14)12-11-6-9(3)5-10(4)7-11/h5-8,12H,1-4H3. The lowest BCUT2D eigenvalue weighted by Gasteiger charge is -2.11. The highest BCUT2D eigenvalue weighted by atomic mass is 32.2. The molecule has 0 unspecified atom stereocenters. The van der Waals surface area contributed by atoms with E-state index in [1.165, 1.54) is 0 Å². The summed E-state index contributed by atoms with van der Waals surface area (Å²) in [6.45, 7) is 7.20. The first-order valence-electron chi connectivity index (χ1n) is 4.91. The Kier molecular flexibility index (Phi) is 3.39. The van der Waals surface area contributed by atoms with Crippen LogP contribution in [0, 0.1) is 13.8 Å². The number of rotatable bonds is 3. The number of nitrogens with one attached hydrogen (secondary N) is 1. The van der Waals surface area contributed by atoms with Gasteiger partial charge in [0.25, 0.3) is 0 Å². The van der Waals surface area contributed by atoms with Gasteiger partial charge in [-0.25, -0.2) is 8.42 Å². The Bertz CT molecular complexity index is 429. The SMILES string of the molecule is Cc1cc(C)cc(NS(=O)(=O)C(C)C)c1. The van der Waals surface area contributed by atoms with E-state index in [-0.39, 0.29) is 0 Å². The van der Waals surface area contributed by atoms with E-state index in [0.717, 1.165) is 11.1 Å². The molecule has 0 aliphatic heterocycles. The minimum absolute atomic E-state index is 0.418. The first-order chi connectivity index (χ1) is 6.81. The van der Waals surface area contributed by atoms with E-state index in [9.17, 15) is 8.42 Å². The van der Waals surface area contributed by atoms with Crippen LogP contribution in [-0.2, 0) is 10.0 Å². The van der Waals surface area contributed by atoms with E-state index in [0.29, 0.717) is 5.69 Å². The van der Waals surface area contributed by atoms with Crippen molar-refractivity contribution in [3.05, 3.63) is 29.3 Å². The van der Waals surface area contributed by atoms with E-state index in [1.54, 1.807) is 13.8 Å². The molecule has 1 rings (SSSR count). The van der Waals surface area contributed by atoms with E-state index in [2.05, 4.69) is 4.72 Å². The van der Waals surface area contributed by atoms with Crippen LogP contribution in [-0.4, -0.2) is 13.7 Å². The van der Waals surface area contributed by atoms with Crippen LogP contribution >= 0.6 is 0 Å². The van der Waals surface area contributed by atoms with E-state index in [4.69, 9.17) is 0 Å². The summed E-state index contributed by atoms with van der Waals surface area (Å²) in [6, 6.07) is 5.66. The molecule has 1 aromatic carbocycles. The summed E-state index contributed by atoms with van der Waals surface area (Å²) in [5, 5.41) is -0.418. The Morgan fingerprint density at radius 3 is 1.93 bits per heavy atom. The monoisotopic (exact) mass is 227 g/mol. The maximum absolute atomic E-state index is 11.6. The fourth-order valence-electron chi connectivity index (χ4n) is 1.32. The average Bonchev–Trinajstić information content (AvgIpc) is 1.99. The zero-order chi connectivity index (χ0) is 11.6. The molecule has 0 aliphatic carbocycles. The van der Waals surface area contributed by atoms with Crippen LogP contribution in [0.5, 0.6) is 0 Å². The number of aryl methyl sites for hydroxylation is 2. The third-order valence-corrected chi connectivity index (χ3v) is 3.86. The van der Waals surface area contributed by atoms with Crippen LogP contribution in [0.15, 0.2) is 18.2 Å². The van der Waals surface area contributed by atoms with Gasteiger partial charge in [0.2, 0.25) is 10.0 Å². The molecule has 0 fully saturated rings. The Morgan fingerprint density at radius 2 is 1.53 bits per heavy atom. The predicted octanol–water partition coefficient (Wildman–Crippen LogP) is 2.45. The Labute approximate surface area is 91.6 Å². The largest absolute Gasteiger partial charge is 0.283 e. The van der Waals surface area contributed by atoms with Gasteiger partial charge in [-0.05, 0) is 51.0 Å². The molecule has 4 heteroatoms. The van der Waals surface area contributed by atoms with Gasteiger partial charge in [0.1, 0.15) is 0 Å². The summed E-state index contributed by atoms with van der Waals surface area (Å²) in [4.78, 5) is 0. The third-order valence-electron chi connectivity index (χ3n) is 2.10. The molecular weight excluding hydrogens is 210 g/mol. The molecule has 0 atom stereocenters. The molecule has 0 saturated carbocycles. The van der Waals surface area contributed by atoms with Crippen molar-refractivity contribution in [2.45, 2.75) is 32.9 Å². The molecule has 0 amide bonds. The quantitative estimate of drug-likeness (QED) is 0.862. The van der Waals surface area contributed by atoms with Gasteiger partial charge in [-0.1, -0.05) is 6.07 Å². The van der Waals surface area contributed by atoms with Crippen LogP contribution in [0.1, 0.15) is 25.0 Å². The van der Waals surface area contributed by atoms with Crippen molar-refractivity contribution in [1.29, 1.82) is 0 Å². The van der Waals surface area contributed by atoms with E-state index >= 15 is 0 Å². The highest BCUT2D eigenvalue weighted by Crippen LogP contribution is 2.16. The van der Waals surface area contributed by atoms with Crippen molar-refractivity contribution in [1.82, 2.24) is 0 Å². The topological polar surface area (TPSA) is 46.2 Å². The predicted molar refractivity (Wildman–Crippen MR) is 63.6 cm³/mol. The van der Waals surface area contributed by atoms with Crippen LogP contribution in [0.2, 0.25) is 0 Å². The van der Waals surface area contributed by atoms with Crippen LogP contribution in [0.4, 0.5) is 5.69 Å². The highest BCUT2D eigenvalue weighted by Gasteiger charge is 2.15. The van der Waals surface area contributed by atoms with Crippen molar-refractivity contribution in [2.75, 3.05) is 4.72 Å². The number of anilines is 1. The molecule has 0 radical (unpaired) electrons. The smallest absolute Gasteiger partial charge is 0.235 e. The molecular formula is C11H17NO2S.